The summed E-state index contributed by atoms with van der Waals surface area (Å²) in [6, 6.07) is 8.96. The van der Waals surface area contributed by atoms with Crippen molar-refractivity contribution in [2.75, 3.05) is 25.7 Å². The molecule has 0 bridgehead atoms. The number of alkyl halides is 3. The second-order valence-electron chi connectivity index (χ2n) is 9.42. The number of sulfone groups is 1. The van der Waals surface area contributed by atoms with E-state index in [1.165, 1.54) is 25.4 Å². The maximum atomic E-state index is 13.8. The third-order valence-corrected chi connectivity index (χ3v) is 7.38. The molecule has 0 saturated carbocycles. The molecule has 214 valence electrons. The van der Waals surface area contributed by atoms with Crippen LogP contribution >= 0.6 is 0 Å². The SMILES string of the molecule is CCOc1nc(C(CS(C)(=O)=O)n2c(=O)n(CC(F)(F)F)c3c(C)c(-c4ccccc4C)cnc32)ccc1OC. The first-order valence-electron chi connectivity index (χ1n) is 12.3. The van der Waals surface area contributed by atoms with Crippen molar-refractivity contribution >= 4 is 21.0 Å². The summed E-state index contributed by atoms with van der Waals surface area (Å²) in [7, 11) is -2.37. The largest absolute Gasteiger partial charge is 0.491 e. The second-order valence-corrected chi connectivity index (χ2v) is 11.6. The van der Waals surface area contributed by atoms with E-state index in [0.717, 1.165) is 21.9 Å². The molecule has 0 radical (unpaired) electrons. The molecular weight excluding hydrogens is 549 g/mol. The molecule has 4 rings (SSSR count). The number of aryl methyl sites for hydroxylation is 2. The van der Waals surface area contributed by atoms with Gasteiger partial charge >= 0.3 is 11.9 Å². The second kappa shape index (κ2) is 11.0. The van der Waals surface area contributed by atoms with Crippen molar-refractivity contribution in [1.29, 1.82) is 0 Å². The van der Waals surface area contributed by atoms with Crippen LogP contribution in [0.1, 0.15) is 29.8 Å². The monoisotopic (exact) mass is 578 g/mol. The number of rotatable bonds is 9. The molecule has 4 aromatic rings. The maximum absolute atomic E-state index is 13.8. The van der Waals surface area contributed by atoms with Crippen molar-refractivity contribution in [3.8, 4) is 22.8 Å². The first-order chi connectivity index (χ1) is 18.8. The fourth-order valence-corrected chi connectivity index (χ4v) is 5.64. The number of aromatic nitrogens is 4. The molecule has 0 N–H and O–H groups in total. The Labute approximate surface area is 229 Å². The molecule has 0 aliphatic rings. The minimum Gasteiger partial charge on any atom is -0.491 e. The van der Waals surface area contributed by atoms with Crippen molar-refractivity contribution in [3.63, 3.8) is 0 Å². The summed E-state index contributed by atoms with van der Waals surface area (Å²) >= 11 is 0. The van der Waals surface area contributed by atoms with Gasteiger partial charge in [-0.15, -0.1) is 0 Å². The van der Waals surface area contributed by atoms with Crippen LogP contribution < -0.4 is 15.2 Å². The van der Waals surface area contributed by atoms with Crippen molar-refractivity contribution < 1.29 is 31.1 Å². The van der Waals surface area contributed by atoms with Crippen LogP contribution in [-0.2, 0) is 16.4 Å². The topological polar surface area (TPSA) is 105 Å². The summed E-state index contributed by atoms with van der Waals surface area (Å²) in [6.45, 7) is 3.83. The molecule has 0 fully saturated rings. The lowest BCUT2D eigenvalue weighted by molar-refractivity contribution is -0.140. The number of ether oxygens (including phenoxy) is 2. The number of nitrogens with zero attached hydrogens (tertiary/aromatic N) is 4. The fraction of sp³-hybridized carbons (Fsp3) is 0.370. The van der Waals surface area contributed by atoms with Crippen molar-refractivity contribution in [1.82, 2.24) is 19.1 Å². The molecule has 3 aromatic heterocycles. The Kier molecular flexibility index (Phi) is 7.97. The molecule has 1 atom stereocenters. The van der Waals surface area contributed by atoms with Gasteiger partial charge in [0.2, 0.25) is 0 Å². The zero-order valence-electron chi connectivity index (χ0n) is 22.6. The molecule has 0 amide bonds. The van der Waals surface area contributed by atoms with Crippen LogP contribution in [0, 0.1) is 13.8 Å². The van der Waals surface area contributed by atoms with Crippen LogP contribution in [0.15, 0.2) is 47.4 Å². The number of methoxy groups -OCH3 is 1. The summed E-state index contributed by atoms with van der Waals surface area (Å²) in [4.78, 5) is 22.6. The zero-order chi connectivity index (χ0) is 29.4. The van der Waals surface area contributed by atoms with Gasteiger partial charge in [0, 0.05) is 18.0 Å². The number of hydrogen-bond acceptors (Lipinski definition) is 7. The van der Waals surface area contributed by atoms with Crippen molar-refractivity contribution in [2.45, 2.75) is 39.5 Å². The number of hydrogen-bond donors (Lipinski definition) is 0. The Morgan fingerprint density at radius 2 is 1.77 bits per heavy atom. The summed E-state index contributed by atoms with van der Waals surface area (Å²) in [5, 5.41) is 0. The van der Waals surface area contributed by atoms with Gasteiger partial charge in [0.05, 0.1) is 36.7 Å². The number of fused-ring (bicyclic) bond motifs is 1. The molecule has 0 spiro atoms. The normalized spacial score (nSPS) is 13.0. The molecule has 40 heavy (non-hydrogen) atoms. The minimum atomic E-state index is -4.74. The molecule has 3 heterocycles. The number of benzene rings is 1. The fourth-order valence-electron chi connectivity index (χ4n) is 4.75. The first kappa shape index (κ1) is 29.1. The van der Waals surface area contributed by atoms with Crippen molar-refractivity contribution in [3.05, 3.63) is 69.9 Å². The van der Waals surface area contributed by atoms with Crippen molar-refractivity contribution in [2.24, 2.45) is 0 Å². The van der Waals surface area contributed by atoms with Gasteiger partial charge in [-0.25, -0.2) is 23.2 Å². The molecule has 0 aliphatic carbocycles. The predicted molar refractivity (Wildman–Crippen MR) is 145 cm³/mol. The molecule has 0 aliphatic heterocycles. The van der Waals surface area contributed by atoms with Gasteiger partial charge in [-0.2, -0.15) is 13.2 Å². The third kappa shape index (κ3) is 5.83. The van der Waals surface area contributed by atoms with Crippen LogP contribution in [0.3, 0.4) is 0 Å². The highest BCUT2D eigenvalue weighted by molar-refractivity contribution is 7.90. The summed E-state index contributed by atoms with van der Waals surface area (Å²) in [5.41, 5.74) is 1.47. The Bertz CT molecular complexity index is 1730. The van der Waals surface area contributed by atoms with Gasteiger partial charge in [-0.05, 0) is 49.6 Å². The summed E-state index contributed by atoms with van der Waals surface area (Å²) in [5.74, 6) is -0.296. The van der Waals surface area contributed by atoms with Gasteiger partial charge in [0.1, 0.15) is 16.4 Å². The number of imidazole rings is 1. The van der Waals surface area contributed by atoms with E-state index in [4.69, 9.17) is 9.47 Å². The molecule has 13 heteroatoms. The standard InChI is InChI=1S/C27H29F3N4O5S/c1-6-39-25-22(38-4)12-11-20(32-25)21(14-40(5,36)37)34-24-23(33(26(34)35)15-27(28,29)30)17(3)19(13-31-24)18-10-8-7-9-16(18)2/h7-13,21H,6,14-15H2,1-5H3. The minimum absolute atomic E-state index is 0.0416. The lowest BCUT2D eigenvalue weighted by Gasteiger charge is -2.19. The number of halogens is 3. The predicted octanol–water partition coefficient (Wildman–Crippen LogP) is 4.48. The summed E-state index contributed by atoms with van der Waals surface area (Å²) < 4.78 is 78.7. The highest BCUT2D eigenvalue weighted by Crippen LogP contribution is 2.34. The average molecular weight is 579 g/mol. The highest BCUT2D eigenvalue weighted by Gasteiger charge is 2.35. The Hall–Kier alpha value is -3.87. The quantitative estimate of drug-likeness (QED) is 0.288. The third-order valence-electron chi connectivity index (χ3n) is 6.46. The van der Waals surface area contributed by atoms with Crippen LogP contribution in [-0.4, -0.2) is 59.4 Å². The maximum Gasteiger partial charge on any atom is 0.406 e. The van der Waals surface area contributed by atoms with Gasteiger partial charge in [-0.3, -0.25) is 9.13 Å². The van der Waals surface area contributed by atoms with E-state index in [0.29, 0.717) is 15.7 Å². The van der Waals surface area contributed by atoms with Gasteiger partial charge < -0.3 is 9.47 Å². The van der Waals surface area contributed by atoms with E-state index in [1.54, 1.807) is 19.9 Å². The average Bonchev–Trinajstić information content (AvgIpc) is 3.13. The van der Waals surface area contributed by atoms with E-state index >= 15 is 0 Å². The van der Waals surface area contributed by atoms with E-state index in [-0.39, 0.29) is 35.1 Å². The lowest BCUT2D eigenvalue weighted by atomic mass is 9.98. The zero-order valence-corrected chi connectivity index (χ0v) is 23.4. The smallest absolute Gasteiger partial charge is 0.406 e. The molecule has 0 saturated heterocycles. The van der Waals surface area contributed by atoms with Crippen LogP contribution in [0.2, 0.25) is 0 Å². The van der Waals surface area contributed by atoms with E-state index < -0.39 is 40.0 Å². The van der Waals surface area contributed by atoms with Crippen LogP contribution in [0.25, 0.3) is 22.3 Å². The number of pyridine rings is 2. The van der Waals surface area contributed by atoms with Gasteiger partial charge in [0.25, 0.3) is 5.88 Å². The molecule has 9 nitrogen and oxygen atoms in total. The van der Waals surface area contributed by atoms with Gasteiger partial charge in [-0.1, -0.05) is 24.3 Å². The molecular formula is C27H29F3N4O5S. The molecule has 1 unspecified atom stereocenters. The Morgan fingerprint density at radius 1 is 1.07 bits per heavy atom. The highest BCUT2D eigenvalue weighted by atomic mass is 32.2. The van der Waals surface area contributed by atoms with Crippen LogP contribution in [0.4, 0.5) is 13.2 Å². The van der Waals surface area contributed by atoms with Crippen LogP contribution in [0.5, 0.6) is 11.6 Å². The molecule has 1 aromatic carbocycles. The van der Waals surface area contributed by atoms with E-state index in [2.05, 4.69) is 9.97 Å². The Balaban J connectivity index is 2.07. The first-order valence-corrected chi connectivity index (χ1v) is 14.4. The Morgan fingerprint density at radius 3 is 2.38 bits per heavy atom. The van der Waals surface area contributed by atoms with E-state index in [9.17, 15) is 26.4 Å². The van der Waals surface area contributed by atoms with E-state index in [1.807, 2.05) is 25.1 Å². The summed E-state index contributed by atoms with van der Waals surface area (Å²) in [6.07, 6.45) is -2.28. The lowest BCUT2D eigenvalue weighted by Crippen LogP contribution is -2.34. The van der Waals surface area contributed by atoms with Gasteiger partial charge in [0.15, 0.2) is 11.4 Å².